The fourth-order valence-corrected chi connectivity index (χ4v) is 3.17. The van der Waals surface area contributed by atoms with Gasteiger partial charge in [0.15, 0.2) is 17.2 Å². The molecule has 0 radical (unpaired) electrons. The lowest BCUT2D eigenvalue weighted by Crippen LogP contribution is -2.05. The van der Waals surface area contributed by atoms with Crippen LogP contribution in [0.1, 0.15) is 54.9 Å². The molecule has 0 aromatic heterocycles. The molecule has 0 saturated heterocycles. The van der Waals surface area contributed by atoms with E-state index in [9.17, 15) is 4.79 Å². The molecule has 1 heterocycles. The minimum Gasteiger partial charge on any atom is -0.493 e. The van der Waals surface area contributed by atoms with Crippen LogP contribution in [-0.2, 0) is 9.53 Å². The SMILES string of the molecule is CCCCCCOc1ccc(/C=C2/N=C(c3ccc(C)c(C)c3)OC2=O)cc1OC. The maximum Gasteiger partial charge on any atom is 0.363 e. The van der Waals surface area contributed by atoms with Gasteiger partial charge in [0.1, 0.15) is 0 Å². The topological polar surface area (TPSA) is 57.1 Å². The van der Waals surface area contributed by atoms with Crippen molar-refractivity contribution in [2.24, 2.45) is 4.99 Å². The first-order valence-corrected chi connectivity index (χ1v) is 10.4. The van der Waals surface area contributed by atoms with Crippen LogP contribution >= 0.6 is 0 Å². The van der Waals surface area contributed by atoms with E-state index in [4.69, 9.17) is 14.2 Å². The molecule has 0 N–H and O–H groups in total. The predicted molar refractivity (Wildman–Crippen MR) is 119 cm³/mol. The first kappa shape index (κ1) is 21.6. The Morgan fingerprint density at radius 1 is 1.00 bits per heavy atom. The number of carbonyl (C=O) groups is 1. The van der Waals surface area contributed by atoms with E-state index < -0.39 is 5.97 Å². The highest BCUT2D eigenvalue weighted by Crippen LogP contribution is 2.30. The number of hydrogen-bond acceptors (Lipinski definition) is 5. The highest BCUT2D eigenvalue weighted by atomic mass is 16.6. The number of rotatable bonds is 9. The fraction of sp³-hybridized carbons (Fsp3) is 0.360. The van der Waals surface area contributed by atoms with Crippen LogP contribution in [0, 0.1) is 13.8 Å². The monoisotopic (exact) mass is 407 g/mol. The molecule has 0 amide bonds. The Balaban J connectivity index is 1.75. The van der Waals surface area contributed by atoms with Gasteiger partial charge in [-0.1, -0.05) is 38.3 Å². The lowest BCUT2D eigenvalue weighted by atomic mass is 10.1. The van der Waals surface area contributed by atoms with Crippen LogP contribution in [0.3, 0.4) is 0 Å². The van der Waals surface area contributed by atoms with Crippen molar-refractivity contribution in [3.8, 4) is 11.5 Å². The molecule has 0 fully saturated rings. The van der Waals surface area contributed by atoms with E-state index in [-0.39, 0.29) is 5.70 Å². The number of esters is 1. The number of ether oxygens (including phenoxy) is 3. The van der Waals surface area contributed by atoms with Gasteiger partial charge in [-0.25, -0.2) is 9.79 Å². The van der Waals surface area contributed by atoms with Crippen LogP contribution in [0.4, 0.5) is 0 Å². The van der Waals surface area contributed by atoms with Crippen LogP contribution < -0.4 is 9.47 Å². The first-order chi connectivity index (χ1) is 14.5. The van der Waals surface area contributed by atoms with E-state index in [1.807, 2.05) is 50.2 Å². The van der Waals surface area contributed by atoms with E-state index in [0.717, 1.165) is 29.5 Å². The predicted octanol–water partition coefficient (Wildman–Crippen LogP) is 5.62. The van der Waals surface area contributed by atoms with Crippen LogP contribution in [-0.4, -0.2) is 25.6 Å². The molecule has 5 nitrogen and oxygen atoms in total. The summed E-state index contributed by atoms with van der Waals surface area (Å²) in [5, 5.41) is 0. The molecule has 158 valence electrons. The third-order valence-corrected chi connectivity index (χ3v) is 5.12. The largest absolute Gasteiger partial charge is 0.493 e. The summed E-state index contributed by atoms with van der Waals surface area (Å²) in [5.74, 6) is 1.20. The minimum atomic E-state index is -0.460. The van der Waals surface area contributed by atoms with Crippen molar-refractivity contribution in [3.63, 3.8) is 0 Å². The third kappa shape index (κ3) is 5.29. The normalized spacial score (nSPS) is 14.6. The van der Waals surface area contributed by atoms with Crippen molar-refractivity contribution in [3.05, 3.63) is 64.3 Å². The third-order valence-electron chi connectivity index (χ3n) is 5.12. The Labute approximate surface area is 178 Å². The number of benzene rings is 2. The molecule has 5 heteroatoms. The van der Waals surface area contributed by atoms with Crippen molar-refractivity contribution < 1.29 is 19.0 Å². The molecule has 2 aromatic carbocycles. The van der Waals surface area contributed by atoms with E-state index >= 15 is 0 Å². The molecule has 0 unspecified atom stereocenters. The van der Waals surface area contributed by atoms with E-state index in [2.05, 4.69) is 11.9 Å². The maximum absolute atomic E-state index is 12.3. The van der Waals surface area contributed by atoms with E-state index in [1.165, 1.54) is 18.4 Å². The molecule has 1 aliphatic heterocycles. The van der Waals surface area contributed by atoms with Gasteiger partial charge in [0.25, 0.3) is 0 Å². The standard InChI is InChI=1S/C25H29NO4/c1-5-6-7-8-13-29-22-12-10-19(16-23(22)28-4)15-21-25(27)30-24(26-21)20-11-9-17(2)18(3)14-20/h9-12,14-16H,5-8,13H2,1-4H3/b21-15+. The average molecular weight is 408 g/mol. The number of methoxy groups -OCH3 is 1. The molecule has 30 heavy (non-hydrogen) atoms. The lowest BCUT2D eigenvalue weighted by molar-refractivity contribution is -0.129. The van der Waals surface area contributed by atoms with Crippen LogP contribution in [0.5, 0.6) is 11.5 Å². The number of nitrogens with zero attached hydrogens (tertiary/aromatic N) is 1. The Hall–Kier alpha value is -3.08. The summed E-state index contributed by atoms with van der Waals surface area (Å²) >= 11 is 0. The summed E-state index contributed by atoms with van der Waals surface area (Å²) in [6.07, 6.45) is 6.29. The summed E-state index contributed by atoms with van der Waals surface area (Å²) in [6, 6.07) is 11.5. The van der Waals surface area contributed by atoms with E-state index in [1.54, 1.807) is 13.2 Å². The lowest BCUT2D eigenvalue weighted by Gasteiger charge is -2.11. The number of aryl methyl sites for hydroxylation is 2. The summed E-state index contributed by atoms with van der Waals surface area (Å²) < 4.78 is 16.7. The Kier molecular flexibility index (Phi) is 7.28. The first-order valence-electron chi connectivity index (χ1n) is 10.4. The minimum absolute atomic E-state index is 0.263. The van der Waals surface area contributed by atoms with Gasteiger partial charge in [-0.15, -0.1) is 0 Å². The average Bonchev–Trinajstić information content (AvgIpc) is 3.10. The summed E-state index contributed by atoms with van der Waals surface area (Å²) in [5.41, 5.74) is 4.15. The summed E-state index contributed by atoms with van der Waals surface area (Å²) in [4.78, 5) is 16.7. The molecule has 0 aliphatic carbocycles. The van der Waals surface area contributed by atoms with Gasteiger partial charge in [0.05, 0.1) is 13.7 Å². The zero-order valence-electron chi connectivity index (χ0n) is 18.2. The molecule has 2 aromatic rings. The molecule has 1 aliphatic rings. The van der Waals surface area contributed by atoms with Crippen LogP contribution in [0.2, 0.25) is 0 Å². The number of aliphatic imine (C=N–C) groups is 1. The van der Waals surface area contributed by atoms with Gasteiger partial charge in [0, 0.05) is 5.56 Å². The Morgan fingerprint density at radius 2 is 1.83 bits per heavy atom. The second kappa shape index (κ2) is 10.1. The Bertz CT molecular complexity index is 975. The van der Waals surface area contributed by atoms with Gasteiger partial charge in [-0.05, 0) is 67.3 Å². The van der Waals surface area contributed by atoms with Crippen LogP contribution in [0.25, 0.3) is 6.08 Å². The fourth-order valence-electron chi connectivity index (χ4n) is 3.17. The van der Waals surface area contributed by atoms with Gasteiger partial charge >= 0.3 is 5.97 Å². The smallest absolute Gasteiger partial charge is 0.363 e. The number of unbranched alkanes of at least 4 members (excludes halogenated alkanes) is 3. The van der Waals surface area contributed by atoms with Gasteiger partial charge < -0.3 is 14.2 Å². The zero-order chi connectivity index (χ0) is 21.5. The molecule has 0 saturated carbocycles. The van der Waals surface area contributed by atoms with Gasteiger partial charge in [-0.2, -0.15) is 0 Å². The number of hydrogen-bond donors (Lipinski definition) is 0. The summed E-state index contributed by atoms with van der Waals surface area (Å²) in [6.45, 7) is 6.91. The highest BCUT2D eigenvalue weighted by Gasteiger charge is 2.24. The molecule has 3 rings (SSSR count). The van der Waals surface area contributed by atoms with Gasteiger partial charge in [-0.3, -0.25) is 0 Å². The van der Waals surface area contributed by atoms with Crippen molar-refractivity contribution >= 4 is 17.9 Å². The zero-order valence-corrected chi connectivity index (χ0v) is 18.2. The van der Waals surface area contributed by atoms with Crippen molar-refractivity contribution in [2.45, 2.75) is 46.5 Å². The van der Waals surface area contributed by atoms with Crippen molar-refractivity contribution in [1.82, 2.24) is 0 Å². The van der Waals surface area contributed by atoms with Gasteiger partial charge in [0.2, 0.25) is 5.90 Å². The number of carbonyl (C=O) groups excluding carboxylic acids is 1. The Morgan fingerprint density at radius 3 is 2.57 bits per heavy atom. The molecular weight excluding hydrogens is 378 g/mol. The highest BCUT2D eigenvalue weighted by molar-refractivity contribution is 6.12. The van der Waals surface area contributed by atoms with E-state index in [0.29, 0.717) is 24.0 Å². The van der Waals surface area contributed by atoms with Crippen molar-refractivity contribution in [1.29, 1.82) is 0 Å². The van der Waals surface area contributed by atoms with Crippen molar-refractivity contribution in [2.75, 3.05) is 13.7 Å². The molecule has 0 atom stereocenters. The molecule has 0 spiro atoms. The maximum atomic E-state index is 12.3. The quantitative estimate of drug-likeness (QED) is 0.308. The molecular formula is C25H29NO4. The summed E-state index contributed by atoms with van der Waals surface area (Å²) in [7, 11) is 1.61. The second-order valence-electron chi connectivity index (χ2n) is 7.45. The van der Waals surface area contributed by atoms with Crippen LogP contribution in [0.15, 0.2) is 47.1 Å². The second-order valence-corrected chi connectivity index (χ2v) is 7.45. The molecule has 0 bridgehead atoms. The number of cyclic esters (lactones) is 1.